The predicted octanol–water partition coefficient (Wildman–Crippen LogP) is 3.32. The van der Waals surface area contributed by atoms with Gasteiger partial charge >= 0.3 is 0 Å². The molecule has 0 spiro atoms. The zero-order chi connectivity index (χ0) is 14.8. The Kier molecular flexibility index (Phi) is 4.67. The van der Waals surface area contributed by atoms with Gasteiger partial charge in [0.05, 0.1) is 21.8 Å². The lowest BCUT2D eigenvalue weighted by Gasteiger charge is -2.21. The van der Waals surface area contributed by atoms with Crippen LogP contribution in [0.5, 0.6) is 0 Å². The fourth-order valence-corrected chi connectivity index (χ4v) is 3.31. The lowest BCUT2D eigenvalue weighted by atomic mass is 10.3. The maximum absolute atomic E-state index is 12.1. The van der Waals surface area contributed by atoms with E-state index in [0.29, 0.717) is 0 Å². The molecule has 2 aromatic heterocycles. The van der Waals surface area contributed by atoms with Crippen molar-refractivity contribution in [1.82, 2.24) is 14.7 Å². The number of rotatable bonds is 4. The molecule has 2 atom stereocenters. The number of pyridine rings is 1. The van der Waals surface area contributed by atoms with Crippen LogP contribution in [0.25, 0.3) is 10.6 Å². The third-order valence-electron chi connectivity index (χ3n) is 2.72. The molecule has 0 radical (unpaired) electrons. The summed E-state index contributed by atoms with van der Waals surface area (Å²) in [5.74, 6) is 0. The van der Waals surface area contributed by atoms with Crippen molar-refractivity contribution in [3.8, 4) is 10.6 Å². The van der Waals surface area contributed by atoms with Gasteiger partial charge in [-0.3, -0.25) is 4.98 Å². The number of hydrogen-bond acceptors (Lipinski definition) is 4. The molecule has 2 rings (SSSR count). The molecule has 2 heterocycles. The summed E-state index contributed by atoms with van der Waals surface area (Å²) in [7, 11) is -1.08. The molecule has 2 aromatic rings. The van der Waals surface area contributed by atoms with Crippen molar-refractivity contribution in [3.63, 3.8) is 0 Å². The van der Waals surface area contributed by atoms with Crippen LogP contribution in [-0.2, 0) is 11.0 Å². The summed E-state index contributed by atoms with van der Waals surface area (Å²) in [5.41, 5.74) is 1.06. The van der Waals surface area contributed by atoms with E-state index in [0.717, 1.165) is 15.4 Å². The molecule has 0 aliphatic carbocycles. The first-order valence-electron chi connectivity index (χ1n) is 6.42. The van der Waals surface area contributed by atoms with Gasteiger partial charge in [-0.1, -0.05) is 0 Å². The molecule has 6 heteroatoms. The van der Waals surface area contributed by atoms with Gasteiger partial charge in [-0.25, -0.2) is 13.9 Å². The van der Waals surface area contributed by atoms with Crippen LogP contribution in [0.1, 0.15) is 38.6 Å². The molecule has 0 unspecified atom stereocenters. The Balaban J connectivity index is 2.11. The maximum Gasteiger partial charge on any atom is 0.123 e. The van der Waals surface area contributed by atoms with Gasteiger partial charge in [0.15, 0.2) is 0 Å². The van der Waals surface area contributed by atoms with Gasteiger partial charge in [-0.05, 0) is 39.8 Å². The second-order valence-electron chi connectivity index (χ2n) is 5.52. The van der Waals surface area contributed by atoms with Crippen molar-refractivity contribution >= 4 is 22.3 Å². The van der Waals surface area contributed by atoms with Crippen LogP contribution in [0.15, 0.2) is 30.7 Å². The summed E-state index contributed by atoms with van der Waals surface area (Å²) >= 11 is 1.61. The second-order valence-corrected chi connectivity index (χ2v) is 8.58. The molecular weight excluding hydrogens is 290 g/mol. The lowest BCUT2D eigenvalue weighted by molar-refractivity contribution is 0.618. The molecule has 0 bridgehead atoms. The molecule has 0 fully saturated rings. The van der Waals surface area contributed by atoms with E-state index in [9.17, 15) is 4.21 Å². The van der Waals surface area contributed by atoms with E-state index in [1.54, 1.807) is 23.7 Å². The number of aromatic nitrogens is 2. The fraction of sp³-hybridized carbons (Fsp3) is 0.429. The third kappa shape index (κ3) is 3.71. The molecule has 0 aromatic carbocycles. The largest absolute Gasteiger partial charge is 0.265 e. The van der Waals surface area contributed by atoms with Crippen LogP contribution in [-0.4, -0.2) is 18.9 Å². The average Bonchev–Trinajstić information content (AvgIpc) is 2.88. The van der Waals surface area contributed by atoms with Gasteiger partial charge in [0.2, 0.25) is 0 Å². The average molecular weight is 309 g/mol. The Morgan fingerprint density at radius 1 is 1.30 bits per heavy atom. The highest BCUT2D eigenvalue weighted by molar-refractivity contribution is 7.84. The van der Waals surface area contributed by atoms with Gasteiger partial charge in [0.1, 0.15) is 5.01 Å². The monoisotopic (exact) mass is 309 g/mol. The zero-order valence-corrected chi connectivity index (χ0v) is 13.7. The smallest absolute Gasteiger partial charge is 0.123 e. The van der Waals surface area contributed by atoms with E-state index in [4.69, 9.17) is 0 Å². The SMILES string of the molecule is C[C@H](N[S@](=O)C(C)(C)C)c1cnc(-c2ccncc2)s1. The summed E-state index contributed by atoms with van der Waals surface area (Å²) in [5, 5.41) is 0.956. The van der Waals surface area contributed by atoms with Gasteiger partial charge in [0.25, 0.3) is 0 Å². The van der Waals surface area contributed by atoms with E-state index in [-0.39, 0.29) is 10.8 Å². The van der Waals surface area contributed by atoms with Crippen molar-refractivity contribution in [2.75, 3.05) is 0 Å². The minimum absolute atomic E-state index is 0.0168. The Morgan fingerprint density at radius 2 is 1.95 bits per heavy atom. The summed E-state index contributed by atoms with van der Waals surface area (Å²) in [6.45, 7) is 7.88. The van der Waals surface area contributed by atoms with Gasteiger partial charge < -0.3 is 0 Å². The molecule has 0 aliphatic heterocycles. The minimum Gasteiger partial charge on any atom is -0.265 e. The minimum atomic E-state index is -1.08. The Labute approximate surface area is 126 Å². The predicted molar refractivity (Wildman–Crippen MR) is 84.8 cm³/mol. The van der Waals surface area contributed by atoms with Crippen LogP contribution < -0.4 is 4.72 Å². The highest BCUT2D eigenvalue weighted by atomic mass is 32.2. The molecule has 0 amide bonds. The Morgan fingerprint density at radius 3 is 2.55 bits per heavy atom. The normalized spacial score (nSPS) is 15.0. The summed E-state index contributed by atoms with van der Waals surface area (Å²) in [6.07, 6.45) is 5.36. The topological polar surface area (TPSA) is 54.9 Å². The maximum atomic E-state index is 12.1. The second kappa shape index (κ2) is 6.11. The van der Waals surface area contributed by atoms with Crippen molar-refractivity contribution in [1.29, 1.82) is 0 Å². The lowest BCUT2D eigenvalue weighted by Crippen LogP contribution is -2.34. The van der Waals surface area contributed by atoms with Crippen LogP contribution in [0.2, 0.25) is 0 Å². The molecule has 4 nitrogen and oxygen atoms in total. The van der Waals surface area contributed by atoms with Crippen molar-refractivity contribution in [2.24, 2.45) is 0 Å². The van der Waals surface area contributed by atoms with Crippen LogP contribution in [0, 0.1) is 0 Å². The highest BCUT2D eigenvalue weighted by Gasteiger charge is 2.22. The molecule has 20 heavy (non-hydrogen) atoms. The Hall–Kier alpha value is -1.11. The molecular formula is C14H19N3OS2. The first-order chi connectivity index (χ1) is 9.38. The Bertz CT molecular complexity index is 590. The van der Waals surface area contributed by atoms with E-state index in [2.05, 4.69) is 14.7 Å². The zero-order valence-electron chi connectivity index (χ0n) is 12.1. The van der Waals surface area contributed by atoms with Gasteiger partial charge in [-0.2, -0.15) is 0 Å². The molecule has 0 saturated heterocycles. The van der Waals surface area contributed by atoms with E-state index >= 15 is 0 Å². The number of nitrogens with zero attached hydrogens (tertiary/aromatic N) is 2. The van der Waals surface area contributed by atoms with Crippen LogP contribution in [0.4, 0.5) is 0 Å². The number of thiazole rings is 1. The third-order valence-corrected chi connectivity index (χ3v) is 5.63. The standard InChI is InChI=1S/C14H19N3OS2/c1-10(17-20(18)14(2,3)4)12-9-16-13(19-12)11-5-7-15-8-6-11/h5-10,17H,1-4H3/t10-,20+/m0/s1. The van der Waals surface area contributed by atoms with Crippen molar-refractivity contribution < 1.29 is 4.21 Å². The quantitative estimate of drug-likeness (QED) is 0.942. The van der Waals surface area contributed by atoms with Crippen LogP contribution >= 0.6 is 11.3 Å². The van der Waals surface area contributed by atoms with E-state index in [1.165, 1.54) is 0 Å². The first-order valence-corrected chi connectivity index (χ1v) is 8.39. The summed E-state index contributed by atoms with van der Waals surface area (Å²) in [4.78, 5) is 9.51. The first kappa shape index (κ1) is 15.3. The molecule has 0 saturated carbocycles. The molecule has 1 N–H and O–H groups in total. The van der Waals surface area contributed by atoms with Crippen LogP contribution in [0.3, 0.4) is 0 Å². The molecule has 108 valence electrons. The van der Waals surface area contributed by atoms with Crippen molar-refractivity contribution in [3.05, 3.63) is 35.6 Å². The highest BCUT2D eigenvalue weighted by Crippen LogP contribution is 2.28. The van der Waals surface area contributed by atoms with Crippen molar-refractivity contribution in [2.45, 2.75) is 38.5 Å². The fourth-order valence-electron chi connectivity index (χ4n) is 1.51. The van der Waals surface area contributed by atoms with Gasteiger partial charge in [-0.15, -0.1) is 11.3 Å². The van der Waals surface area contributed by atoms with Gasteiger partial charge in [0, 0.05) is 29.0 Å². The summed E-state index contributed by atoms with van der Waals surface area (Å²) in [6, 6.07) is 3.89. The molecule has 0 aliphatic rings. The number of hydrogen-bond donors (Lipinski definition) is 1. The summed E-state index contributed by atoms with van der Waals surface area (Å²) < 4.78 is 15.0. The van der Waals surface area contributed by atoms with E-state index in [1.807, 2.05) is 46.0 Å². The van der Waals surface area contributed by atoms with E-state index < -0.39 is 11.0 Å². The number of nitrogens with one attached hydrogen (secondary N) is 1.